The van der Waals surface area contributed by atoms with Crippen molar-refractivity contribution in [2.75, 3.05) is 6.54 Å². The van der Waals surface area contributed by atoms with Crippen LogP contribution in [0.5, 0.6) is 0 Å². The zero-order chi connectivity index (χ0) is 18.1. The smallest absolute Gasteiger partial charge is 0.242 e. The van der Waals surface area contributed by atoms with Crippen molar-refractivity contribution in [1.29, 1.82) is 0 Å². The van der Waals surface area contributed by atoms with Gasteiger partial charge in [-0.3, -0.25) is 9.80 Å². The number of nitrogens with zero attached hydrogens (tertiary/aromatic N) is 2. The van der Waals surface area contributed by atoms with E-state index < -0.39 is 0 Å². The second kappa shape index (κ2) is 7.33. The van der Waals surface area contributed by atoms with Crippen LogP contribution in [0.15, 0.2) is 0 Å². The van der Waals surface area contributed by atoms with Crippen molar-refractivity contribution < 1.29 is 9.53 Å². The zero-order valence-corrected chi connectivity index (χ0v) is 16.9. The van der Waals surface area contributed by atoms with Gasteiger partial charge in [-0.15, -0.1) is 0 Å². The van der Waals surface area contributed by atoms with Gasteiger partial charge in [0.2, 0.25) is 5.91 Å². The third-order valence-corrected chi connectivity index (χ3v) is 5.86. The minimum atomic E-state index is -0.00890. The molecule has 1 amide bonds. The molecule has 2 fully saturated rings. The van der Waals surface area contributed by atoms with Gasteiger partial charge in [0.05, 0.1) is 18.1 Å². The second-order valence-corrected chi connectivity index (χ2v) is 9.10. The fourth-order valence-electron chi connectivity index (χ4n) is 4.81. The number of hydrazine groups is 1. The highest BCUT2D eigenvalue weighted by molar-refractivity contribution is 5.79. The first-order valence-corrected chi connectivity index (χ1v) is 9.87. The van der Waals surface area contributed by atoms with Gasteiger partial charge >= 0.3 is 0 Å². The standard InChI is InChI=1S/C20H38N2O2/c1-8-9-13-21(18(23)17-14-15(2)24-16(17)3)22-19(4,5)11-10-12-20(22,6)7/h15-17H,8-14H2,1-7H3. The molecular formula is C20H38N2O2. The molecule has 24 heavy (non-hydrogen) atoms. The SMILES string of the molecule is CCCCN(C(=O)C1CC(C)OC1C)N1C(C)(C)CCCC1(C)C. The molecule has 2 heterocycles. The number of amides is 1. The van der Waals surface area contributed by atoms with Crippen LogP contribution in [-0.4, -0.2) is 45.8 Å². The van der Waals surface area contributed by atoms with E-state index in [0.717, 1.165) is 38.6 Å². The summed E-state index contributed by atoms with van der Waals surface area (Å²) in [6, 6.07) is 0. The quantitative estimate of drug-likeness (QED) is 0.745. The van der Waals surface area contributed by atoms with Gasteiger partial charge in [-0.1, -0.05) is 13.3 Å². The largest absolute Gasteiger partial charge is 0.375 e. The Labute approximate surface area is 148 Å². The molecule has 0 N–H and O–H groups in total. The third-order valence-electron chi connectivity index (χ3n) is 5.86. The van der Waals surface area contributed by atoms with Gasteiger partial charge in [0, 0.05) is 17.6 Å². The van der Waals surface area contributed by atoms with E-state index in [-0.39, 0.29) is 35.1 Å². The highest BCUT2D eigenvalue weighted by atomic mass is 16.5. The maximum atomic E-state index is 13.5. The van der Waals surface area contributed by atoms with Gasteiger partial charge in [0.1, 0.15) is 0 Å². The molecule has 0 saturated carbocycles. The Morgan fingerprint density at radius 3 is 2.21 bits per heavy atom. The normalized spacial score (nSPS) is 32.7. The summed E-state index contributed by atoms with van der Waals surface area (Å²) in [5.74, 6) is 0.258. The summed E-state index contributed by atoms with van der Waals surface area (Å²) < 4.78 is 5.87. The summed E-state index contributed by atoms with van der Waals surface area (Å²) in [5, 5.41) is 4.52. The second-order valence-electron chi connectivity index (χ2n) is 9.10. The number of ether oxygens (including phenoxy) is 1. The van der Waals surface area contributed by atoms with E-state index in [4.69, 9.17) is 4.74 Å². The predicted octanol–water partition coefficient (Wildman–Crippen LogP) is 4.39. The molecule has 2 saturated heterocycles. The number of piperidine rings is 1. The molecule has 0 bridgehead atoms. The predicted molar refractivity (Wildman–Crippen MR) is 98.6 cm³/mol. The monoisotopic (exact) mass is 338 g/mol. The van der Waals surface area contributed by atoms with Crippen LogP contribution in [0, 0.1) is 5.92 Å². The molecule has 140 valence electrons. The average molecular weight is 339 g/mol. The summed E-state index contributed by atoms with van der Waals surface area (Å²) >= 11 is 0. The average Bonchev–Trinajstić information content (AvgIpc) is 2.79. The lowest BCUT2D eigenvalue weighted by atomic mass is 9.81. The fraction of sp³-hybridized carbons (Fsp3) is 0.950. The summed E-state index contributed by atoms with van der Waals surface area (Å²) in [6.45, 7) is 16.3. The van der Waals surface area contributed by atoms with Gasteiger partial charge in [-0.2, -0.15) is 0 Å². The van der Waals surface area contributed by atoms with Crippen molar-refractivity contribution in [1.82, 2.24) is 10.0 Å². The Morgan fingerprint density at radius 2 is 1.75 bits per heavy atom. The van der Waals surface area contributed by atoms with Crippen LogP contribution < -0.4 is 0 Å². The first-order chi connectivity index (χ1) is 11.1. The lowest BCUT2D eigenvalue weighted by Gasteiger charge is -2.57. The molecule has 0 aromatic rings. The van der Waals surface area contributed by atoms with Crippen LogP contribution in [0.3, 0.4) is 0 Å². The first-order valence-electron chi connectivity index (χ1n) is 9.87. The fourth-order valence-corrected chi connectivity index (χ4v) is 4.81. The maximum Gasteiger partial charge on any atom is 0.242 e. The van der Waals surface area contributed by atoms with Crippen molar-refractivity contribution in [3.8, 4) is 0 Å². The number of hydrogen-bond donors (Lipinski definition) is 0. The number of hydrogen-bond acceptors (Lipinski definition) is 3. The molecule has 4 heteroatoms. The lowest BCUT2D eigenvalue weighted by molar-refractivity contribution is -0.200. The number of rotatable bonds is 5. The molecule has 2 rings (SSSR count). The van der Waals surface area contributed by atoms with Gasteiger partial charge in [0.25, 0.3) is 0 Å². The van der Waals surface area contributed by atoms with Crippen LogP contribution in [0.1, 0.15) is 87.0 Å². The van der Waals surface area contributed by atoms with E-state index in [1.165, 1.54) is 6.42 Å². The molecule has 4 nitrogen and oxygen atoms in total. The van der Waals surface area contributed by atoms with Crippen molar-refractivity contribution >= 4 is 5.91 Å². The van der Waals surface area contributed by atoms with Crippen LogP contribution in [0.25, 0.3) is 0 Å². The van der Waals surface area contributed by atoms with Crippen molar-refractivity contribution in [3.05, 3.63) is 0 Å². The summed E-state index contributed by atoms with van der Waals surface area (Å²) in [5.41, 5.74) is 0.0267. The molecule has 0 radical (unpaired) electrons. The minimum absolute atomic E-state index is 0.00890. The van der Waals surface area contributed by atoms with Gasteiger partial charge in [0.15, 0.2) is 0 Å². The van der Waals surface area contributed by atoms with E-state index >= 15 is 0 Å². The van der Waals surface area contributed by atoms with Crippen LogP contribution in [-0.2, 0) is 9.53 Å². The molecule has 2 aliphatic heterocycles. The summed E-state index contributed by atoms with van der Waals surface area (Å²) in [4.78, 5) is 13.5. The van der Waals surface area contributed by atoms with Crippen LogP contribution in [0.4, 0.5) is 0 Å². The topological polar surface area (TPSA) is 32.8 Å². The molecule has 0 aliphatic carbocycles. The highest BCUT2D eigenvalue weighted by Gasteiger charge is 2.48. The number of carbonyl (C=O) groups is 1. The van der Waals surface area contributed by atoms with E-state index in [1.807, 2.05) is 0 Å². The minimum Gasteiger partial charge on any atom is -0.375 e. The number of unbranched alkanes of at least 4 members (excludes halogenated alkanes) is 1. The van der Waals surface area contributed by atoms with E-state index in [2.05, 4.69) is 58.5 Å². The molecule has 3 atom stereocenters. The highest BCUT2D eigenvalue weighted by Crippen LogP contribution is 2.41. The van der Waals surface area contributed by atoms with E-state index in [1.54, 1.807) is 0 Å². The number of carbonyl (C=O) groups excluding carboxylic acids is 1. The van der Waals surface area contributed by atoms with Crippen molar-refractivity contribution in [3.63, 3.8) is 0 Å². The molecular weight excluding hydrogens is 300 g/mol. The Hall–Kier alpha value is -0.610. The molecule has 0 aromatic carbocycles. The van der Waals surface area contributed by atoms with Crippen LogP contribution in [0.2, 0.25) is 0 Å². The summed E-state index contributed by atoms with van der Waals surface area (Å²) in [6.07, 6.45) is 6.71. The van der Waals surface area contributed by atoms with Gasteiger partial charge < -0.3 is 4.74 Å². The van der Waals surface area contributed by atoms with Crippen LogP contribution >= 0.6 is 0 Å². The third kappa shape index (κ3) is 3.96. The van der Waals surface area contributed by atoms with Crippen molar-refractivity contribution in [2.45, 2.75) is 110 Å². The van der Waals surface area contributed by atoms with E-state index in [0.29, 0.717) is 0 Å². The van der Waals surface area contributed by atoms with Gasteiger partial charge in [-0.05, 0) is 73.6 Å². The Morgan fingerprint density at radius 1 is 1.17 bits per heavy atom. The molecule has 3 unspecified atom stereocenters. The maximum absolute atomic E-state index is 13.5. The Kier molecular flexibility index (Phi) is 6.02. The Bertz CT molecular complexity index is 431. The molecule has 2 aliphatic rings. The summed E-state index contributed by atoms with van der Waals surface area (Å²) in [7, 11) is 0. The van der Waals surface area contributed by atoms with Gasteiger partial charge in [-0.25, -0.2) is 5.01 Å². The Balaban J connectivity index is 2.31. The van der Waals surface area contributed by atoms with E-state index in [9.17, 15) is 4.79 Å². The van der Waals surface area contributed by atoms with Crippen molar-refractivity contribution in [2.24, 2.45) is 5.92 Å². The molecule has 0 aromatic heterocycles. The zero-order valence-electron chi connectivity index (χ0n) is 16.9. The lowest BCUT2D eigenvalue weighted by Crippen LogP contribution is -2.67. The molecule has 0 spiro atoms. The first kappa shape index (κ1) is 19.7.